The van der Waals surface area contributed by atoms with Crippen LogP contribution in [0.25, 0.3) is 22.0 Å². The molecule has 2 heterocycles. The lowest BCUT2D eigenvalue weighted by molar-refractivity contribution is -0.137. The number of halogens is 3. The lowest BCUT2D eigenvalue weighted by Crippen LogP contribution is -2.44. The Morgan fingerprint density at radius 3 is 2.49 bits per heavy atom. The third-order valence-corrected chi connectivity index (χ3v) is 7.44. The smallest absolute Gasteiger partial charge is 0.335 e. The molecule has 4 aromatic rings. The van der Waals surface area contributed by atoms with Crippen LogP contribution in [0.4, 0.5) is 14.5 Å². The van der Waals surface area contributed by atoms with Gasteiger partial charge < -0.3 is 19.9 Å². The first-order chi connectivity index (χ1) is 19.5. The predicted octanol–water partition coefficient (Wildman–Crippen LogP) is 5.58. The van der Waals surface area contributed by atoms with E-state index in [1.807, 2.05) is 0 Å². The van der Waals surface area contributed by atoms with Crippen LogP contribution in [0.5, 0.6) is 0 Å². The number of hydrogen-bond acceptors (Lipinski definition) is 4. The molecule has 2 N–H and O–H groups in total. The van der Waals surface area contributed by atoms with Crippen LogP contribution >= 0.6 is 11.6 Å². The zero-order valence-corrected chi connectivity index (χ0v) is 22.5. The van der Waals surface area contributed by atoms with E-state index in [1.165, 1.54) is 48.0 Å². The summed E-state index contributed by atoms with van der Waals surface area (Å²) in [6, 6.07) is 14.1. The minimum atomic E-state index is -1.47. The molecule has 41 heavy (non-hydrogen) atoms. The van der Waals surface area contributed by atoms with Gasteiger partial charge in [-0.05, 0) is 37.3 Å². The van der Waals surface area contributed by atoms with Gasteiger partial charge in [0.15, 0.2) is 11.6 Å². The van der Waals surface area contributed by atoms with Crippen molar-refractivity contribution in [2.75, 3.05) is 11.9 Å². The summed E-state index contributed by atoms with van der Waals surface area (Å²) >= 11 is 6.22. The summed E-state index contributed by atoms with van der Waals surface area (Å²) in [7, 11) is 0. The Hall–Kier alpha value is -4.57. The van der Waals surface area contributed by atoms with E-state index in [0.29, 0.717) is 21.5 Å². The standard InChI is InChI=1S/C30H24ClF2N3O5/c1-16(37)22-14-35(25-10-9-17(30(40)41)11-21(22)25)15-27(38)36-13-18(32)12-26(36)29(39)34-24-8-4-6-20(28(24)33)19-5-2-3-7-23(19)31/h2-11,14,18,26H,12-13,15H2,1H3,(H,34,39)(H,40,41)/t18-,26+/m1/s1. The molecule has 5 rings (SSSR count). The third kappa shape index (κ3) is 5.43. The molecule has 1 fully saturated rings. The molecule has 0 spiro atoms. The molecule has 2 amide bonds. The number of Topliss-reactive ketones (excluding diaryl/α,β-unsaturated/α-hetero) is 1. The molecule has 1 aliphatic heterocycles. The maximum atomic E-state index is 15.4. The number of benzene rings is 3. The molecule has 3 aromatic carbocycles. The lowest BCUT2D eigenvalue weighted by Gasteiger charge is -2.24. The van der Waals surface area contributed by atoms with Crippen molar-refractivity contribution in [1.29, 1.82) is 0 Å². The van der Waals surface area contributed by atoms with Crippen LogP contribution in [0.15, 0.2) is 66.9 Å². The van der Waals surface area contributed by atoms with E-state index < -0.39 is 35.8 Å². The monoisotopic (exact) mass is 579 g/mol. The van der Waals surface area contributed by atoms with Crippen molar-refractivity contribution in [3.63, 3.8) is 0 Å². The van der Waals surface area contributed by atoms with Crippen molar-refractivity contribution < 1.29 is 33.1 Å². The number of alkyl halides is 1. The Bertz CT molecular complexity index is 1720. The van der Waals surface area contributed by atoms with Crippen molar-refractivity contribution in [1.82, 2.24) is 9.47 Å². The molecular weight excluding hydrogens is 556 g/mol. The average Bonchev–Trinajstić information content (AvgIpc) is 3.51. The molecule has 0 radical (unpaired) electrons. The van der Waals surface area contributed by atoms with Gasteiger partial charge in [-0.3, -0.25) is 14.4 Å². The molecule has 0 aliphatic carbocycles. The number of amides is 2. The molecule has 0 bridgehead atoms. The highest BCUT2D eigenvalue weighted by Crippen LogP contribution is 2.33. The van der Waals surface area contributed by atoms with E-state index in [9.17, 15) is 28.7 Å². The van der Waals surface area contributed by atoms with Crippen LogP contribution in [0.1, 0.15) is 34.1 Å². The van der Waals surface area contributed by atoms with Crippen molar-refractivity contribution in [3.8, 4) is 11.1 Å². The molecule has 0 saturated carbocycles. The van der Waals surface area contributed by atoms with Gasteiger partial charge >= 0.3 is 5.97 Å². The number of likely N-dealkylation sites (tertiary alicyclic amines) is 1. The second-order valence-corrected chi connectivity index (χ2v) is 10.2. The largest absolute Gasteiger partial charge is 0.478 e. The number of ketones is 1. The van der Waals surface area contributed by atoms with Gasteiger partial charge in [-0.15, -0.1) is 0 Å². The van der Waals surface area contributed by atoms with Gasteiger partial charge in [0, 0.05) is 45.2 Å². The Morgan fingerprint density at radius 1 is 1.05 bits per heavy atom. The first-order valence-corrected chi connectivity index (χ1v) is 13.1. The fourth-order valence-electron chi connectivity index (χ4n) is 5.12. The summed E-state index contributed by atoms with van der Waals surface area (Å²) in [5, 5.41) is 12.5. The number of anilines is 1. The molecule has 1 aromatic heterocycles. The zero-order chi connectivity index (χ0) is 29.4. The number of aromatic nitrogens is 1. The van der Waals surface area contributed by atoms with E-state index in [2.05, 4.69) is 5.32 Å². The summed E-state index contributed by atoms with van der Waals surface area (Å²) in [6.45, 7) is 0.660. The van der Waals surface area contributed by atoms with Gasteiger partial charge in [0.05, 0.1) is 17.8 Å². The Balaban J connectivity index is 1.39. The number of aromatic carboxylic acids is 1. The van der Waals surface area contributed by atoms with Crippen LogP contribution in [-0.4, -0.2) is 56.9 Å². The van der Waals surface area contributed by atoms with Crippen LogP contribution in [-0.2, 0) is 16.1 Å². The SMILES string of the molecule is CC(=O)c1cn(CC(=O)N2C[C@H](F)C[C@H]2C(=O)Nc2cccc(-c3ccccc3Cl)c2F)c2ccc(C(=O)O)cc12. The maximum Gasteiger partial charge on any atom is 0.335 e. The van der Waals surface area contributed by atoms with Crippen LogP contribution in [0.2, 0.25) is 5.02 Å². The van der Waals surface area contributed by atoms with Gasteiger partial charge in [-0.25, -0.2) is 13.6 Å². The summed E-state index contributed by atoms with van der Waals surface area (Å²) < 4.78 is 31.4. The normalized spacial score (nSPS) is 16.6. The average molecular weight is 580 g/mol. The molecule has 0 unspecified atom stereocenters. The van der Waals surface area contributed by atoms with Crippen LogP contribution in [0, 0.1) is 5.82 Å². The Labute approximate surface area is 238 Å². The van der Waals surface area contributed by atoms with E-state index in [1.54, 1.807) is 30.3 Å². The van der Waals surface area contributed by atoms with Crippen LogP contribution in [0.3, 0.4) is 0 Å². The number of rotatable bonds is 7. The molecule has 11 heteroatoms. The van der Waals surface area contributed by atoms with E-state index >= 15 is 4.39 Å². The van der Waals surface area contributed by atoms with Crippen molar-refractivity contribution in [2.45, 2.75) is 32.1 Å². The van der Waals surface area contributed by atoms with Gasteiger partial charge in [0.1, 0.15) is 18.8 Å². The molecule has 1 aliphatic rings. The minimum absolute atomic E-state index is 0.0218. The molecule has 1 saturated heterocycles. The zero-order valence-electron chi connectivity index (χ0n) is 21.7. The fraction of sp³-hybridized carbons (Fsp3) is 0.200. The van der Waals surface area contributed by atoms with E-state index in [-0.39, 0.29) is 47.7 Å². The van der Waals surface area contributed by atoms with Gasteiger partial charge in [0.25, 0.3) is 0 Å². The van der Waals surface area contributed by atoms with Crippen LogP contribution < -0.4 is 5.32 Å². The van der Waals surface area contributed by atoms with E-state index in [0.717, 1.165) is 4.90 Å². The summed E-state index contributed by atoms with van der Waals surface area (Å²) in [5.41, 5.74) is 1.10. The van der Waals surface area contributed by atoms with Gasteiger partial charge in [-0.2, -0.15) is 0 Å². The van der Waals surface area contributed by atoms with Crippen molar-refractivity contribution in [3.05, 3.63) is 88.8 Å². The second-order valence-electron chi connectivity index (χ2n) is 9.80. The molecule has 8 nitrogen and oxygen atoms in total. The first kappa shape index (κ1) is 28.0. The van der Waals surface area contributed by atoms with Crippen molar-refractivity contribution >= 4 is 51.8 Å². The summed E-state index contributed by atoms with van der Waals surface area (Å²) in [6.07, 6.45) is -0.304. The van der Waals surface area contributed by atoms with Gasteiger partial charge in [-0.1, -0.05) is 41.9 Å². The number of hydrogen-bond donors (Lipinski definition) is 2. The Morgan fingerprint density at radius 2 is 1.78 bits per heavy atom. The maximum absolute atomic E-state index is 15.4. The first-order valence-electron chi connectivity index (χ1n) is 12.7. The van der Waals surface area contributed by atoms with Crippen molar-refractivity contribution in [2.24, 2.45) is 0 Å². The highest BCUT2D eigenvalue weighted by molar-refractivity contribution is 6.33. The quantitative estimate of drug-likeness (QED) is 0.278. The summed E-state index contributed by atoms with van der Waals surface area (Å²) in [5.74, 6) is -3.56. The number of fused-ring (bicyclic) bond motifs is 1. The van der Waals surface area contributed by atoms with E-state index in [4.69, 9.17) is 11.6 Å². The number of carbonyl (C=O) groups excluding carboxylic acids is 3. The molecular formula is C30H24ClF2N3O5. The number of nitrogens with zero attached hydrogens (tertiary/aromatic N) is 2. The number of carbonyl (C=O) groups is 4. The molecule has 2 atom stereocenters. The highest BCUT2D eigenvalue weighted by Gasteiger charge is 2.40. The predicted molar refractivity (Wildman–Crippen MR) is 149 cm³/mol. The van der Waals surface area contributed by atoms with Gasteiger partial charge in [0.2, 0.25) is 11.8 Å². The third-order valence-electron chi connectivity index (χ3n) is 7.11. The lowest BCUT2D eigenvalue weighted by atomic mass is 10.0. The number of carboxylic acid groups (broad SMARTS) is 1. The highest BCUT2D eigenvalue weighted by atomic mass is 35.5. The minimum Gasteiger partial charge on any atom is -0.478 e. The summed E-state index contributed by atoms with van der Waals surface area (Å²) in [4.78, 5) is 51.3. The molecule has 210 valence electrons. The number of nitrogens with one attached hydrogen (secondary N) is 1. The second kappa shape index (κ2) is 11.1. The Kier molecular flexibility index (Phi) is 7.59. The number of carboxylic acids is 1. The topological polar surface area (TPSA) is 109 Å². The fourth-order valence-corrected chi connectivity index (χ4v) is 5.36.